The van der Waals surface area contributed by atoms with E-state index in [-0.39, 0.29) is 5.69 Å². The Labute approximate surface area is 186 Å². The van der Waals surface area contributed by atoms with Gasteiger partial charge in [-0.15, -0.1) is 5.10 Å². The second kappa shape index (κ2) is 8.62. The summed E-state index contributed by atoms with van der Waals surface area (Å²) in [4.78, 5) is 12.7. The molecule has 12 heteroatoms. The van der Waals surface area contributed by atoms with E-state index in [1.807, 2.05) is 0 Å². The van der Waals surface area contributed by atoms with Gasteiger partial charge in [-0.05, 0) is 24.3 Å². The van der Waals surface area contributed by atoms with Gasteiger partial charge in [0, 0.05) is 45.3 Å². The number of rotatable bonds is 6. The monoisotopic (exact) mass is 458 g/mol. The minimum atomic E-state index is -1.44. The molecule has 1 aliphatic heterocycles. The number of hydrogen-bond acceptors (Lipinski definition) is 8. The molecule has 0 bridgehead atoms. The first-order valence-electron chi connectivity index (χ1n) is 10.4. The molecule has 1 aromatic carbocycles. The summed E-state index contributed by atoms with van der Waals surface area (Å²) in [7, 11) is 0. The van der Waals surface area contributed by atoms with Gasteiger partial charge in [-0.3, -0.25) is 4.90 Å². The average Bonchev–Trinajstić information content (AvgIpc) is 3.49. The van der Waals surface area contributed by atoms with Crippen molar-refractivity contribution in [2.45, 2.75) is 0 Å². The van der Waals surface area contributed by atoms with Crippen LogP contribution in [0.3, 0.4) is 0 Å². The molecule has 0 saturated carbocycles. The van der Waals surface area contributed by atoms with Gasteiger partial charge < -0.3 is 20.4 Å². The van der Waals surface area contributed by atoms with E-state index in [1.165, 1.54) is 10.6 Å². The number of anilines is 3. The van der Waals surface area contributed by atoms with Gasteiger partial charge in [-0.2, -0.15) is 14.5 Å². The molecule has 0 spiro atoms. The van der Waals surface area contributed by atoms with Crippen molar-refractivity contribution in [1.29, 1.82) is 0 Å². The molecule has 33 heavy (non-hydrogen) atoms. The number of nitrogens with two attached hydrogens (primary N) is 1. The molecule has 4 heterocycles. The summed E-state index contributed by atoms with van der Waals surface area (Å²) in [5, 5.41) is 7.54. The van der Waals surface area contributed by atoms with Gasteiger partial charge >= 0.3 is 0 Å². The van der Waals surface area contributed by atoms with Gasteiger partial charge in [-0.25, -0.2) is 13.2 Å². The standard InChI is InChI=1S/C21H21F3N8O/c22-13-3-4-14(19(24)18(13)23)31-9-7-30(8-10-31)6-5-26-17-12-16(25)32-21(27-17)28-20(29-32)15-2-1-11-33-15/h1-4,11-12H,5-10,25H2,(H,26,27,28,29). The van der Waals surface area contributed by atoms with E-state index in [0.29, 0.717) is 68.3 Å². The second-order valence-corrected chi connectivity index (χ2v) is 7.64. The molecule has 0 amide bonds. The highest BCUT2D eigenvalue weighted by Gasteiger charge is 2.22. The number of nitrogens with zero attached hydrogens (tertiary/aromatic N) is 6. The Balaban J connectivity index is 1.17. The molecule has 4 aromatic rings. The molecule has 1 aliphatic rings. The Morgan fingerprint density at radius 1 is 1.03 bits per heavy atom. The van der Waals surface area contributed by atoms with Crippen molar-refractivity contribution < 1.29 is 17.6 Å². The lowest BCUT2D eigenvalue weighted by molar-refractivity contribution is 0.266. The van der Waals surface area contributed by atoms with Crippen molar-refractivity contribution in [3.05, 3.63) is 54.0 Å². The van der Waals surface area contributed by atoms with Crippen LogP contribution in [-0.2, 0) is 0 Å². The summed E-state index contributed by atoms with van der Waals surface area (Å²) < 4.78 is 47.5. The van der Waals surface area contributed by atoms with Crippen molar-refractivity contribution in [2.24, 2.45) is 0 Å². The summed E-state index contributed by atoms with van der Waals surface area (Å²) in [5.74, 6) is -1.54. The molecular formula is C21H21F3N8O. The quantitative estimate of drug-likeness (QED) is 0.426. The zero-order valence-electron chi connectivity index (χ0n) is 17.5. The highest BCUT2D eigenvalue weighted by atomic mass is 19.2. The van der Waals surface area contributed by atoms with Crippen LogP contribution < -0.4 is 16.0 Å². The van der Waals surface area contributed by atoms with Crippen LogP contribution in [0.5, 0.6) is 0 Å². The summed E-state index contributed by atoms with van der Waals surface area (Å²) in [6.07, 6.45) is 1.54. The Kier molecular flexibility index (Phi) is 5.50. The third-order valence-electron chi connectivity index (χ3n) is 5.54. The first kappa shape index (κ1) is 21.1. The van der Waals surface area contributed by atoms with Crippen LogP contribution in [0.25, 0.3) is 17.4 Å². The Bertz CT molecular complexity index is 1270. The molecule has 1 fully saturated rings. The van der Waals surface area contributed by atoms with E-state index in [0.717, 1.165) is 6.07 Å². The van der Waals surface area contributed by atoms with E-state index in [1.54, 1.807) is 29.4 Å². The van der Waals surface area contributed by atoms with Crippen molar-refractivity contribution in [2.75, 3.05) is 55.2 Å². The van der Waals surface area contributed by atoms with Gasteiger partial charge in [-0.1, -0.05) is 0 Å². The van der Waals surface area contributed by atoms with E-state index in [2.05, 4.69) is 25.3 Å². The molecule has 172 valence electrons. The lowest BCUT2D eigenvalue weighted by Crippen LogP contribution is -2.48. The average molecular weight is 458 g/mol. The summed E-state index contributed by atoms with van der Waals surface area (Å²) >= 11 is 0. The third kappa shape index (κ3) is 4.16. The third-order valence-corrected chi connectivity index (χ3v) is 5.54. The van der Waals surface area contributed by atoms with Gasteiger partial charge in [0.05, 0.1) is 12.0 Å². The van der Waals surface area contributed by atoms with Gasteiger partial charge in [0.2, 0.25) is 5.82 Å². The number of halogens is 3. The SMILES string of the molecule is Nc1cc(NCCN2CCN(c3ccc(F)c(F)c3F)CC2)nc2nc(-c3ccco3)nn12. The number of piperazine rings is 1. The van der Waals surface area contributed by atoms with Gasteiger partial charge in [0.25, 0.3) is 5.78 Å². The zero-order valence-corrected chi connectivity index (χ0v) is 17.5. The lowest BCUT2D eigenvalue weighted by atomic mass is 10.2. The van der Waals surface area contributed by atoms with Crippen LogP contribution in [0.15, 0.2) is 41.0 Å². The molecule has 5 rings (SSSR count). The van der Waals surface area contributed by atoms with Crippen molar-refractivity contribution in [3.63, 3.8) is 0 Å². The number of fused-ring (bicyclic) bond motifs is 1. The van der Waals surface area contributed by atoms with Gasteiger partial charge in [0.15, 0.2) is 23.2 Å². The van der Waals surface area contributed by atoms with E-state index in [9.17, 15) is 13.2 Å². The van der Waals surface area contributed by atoms with Crippen LogP contribution in [0.4, 0.5) is 30.5 Å². The molecule has 0 atom stereocenters. The van der Waals surface area contributed by atoms with Crippen LogP contribution in [0.2, 0.25) is 0 Å². The molecule has 0 aliphatic carbocycles. The van der Waals surface area contributed by atoms with E-state index < -0.39 is 17.5 Å². The number of benzene rings is 1. The predicted molar refractivity (Wildman–Crippen MR) is 116 cm³/mol. The maximum absolute atomic E-state index is 14.0. The Hall–Kier alpha value is -3.80. The largest absolute Gasteiger partial charge is 0.461 e. The number of hydrogen-bond donors (Lipinski definition) is 2. The smallest absolute Gasteiger partial charge is 0.256 e. The van der Waals surface area contributed by atoms with Crippen LogP contribution in [-0.4, -0.2) is 63.8 Å². The van der Waals surface area contributed by atoms with Gasteiger partial charge in [0.1, 0.15) is 11.6 Å². The minimum Gasteiger partial charge on any atom is -0.461 e. The molecule has 3 aromatic heterocycles. The Morgan fingerprint density at radius 2 is 1.85 bits per heavy atom. The first-order chi connectivity index (χ1) is 16.0. The number of nitrogen functional groups attached to an aromatic ring is 1. The predicted octanol–water partition coefficient (Wildman–Crippen LogP) is 2.62. The number of nitrogens with one attached hydrogen (secondary N) is 1. The molecule has 0 unspecified atom stereocenters. The van der Waals surface area contributed by atoms with Crippen LogP contribution >= 0.6 is 0 Å². The van der Waals surface area contributed by atoms with Crippen LogP contribution in [0, 0.1) is 17.5 Å². The van der Waals surface area contributed by atoms with E-state index >= 15 is 0 Å². The van der Waals surface area contributed by atoms with Crippen molar-refractivity contribution in [3.8, 4) is 11.6 Å². The molecule has 1 saturated heterocycles. The second-order valence-electron chi connectivity index (χ2n) is 7.64. The summed E-state index contributed by atoms with van der Waals surface area (Å²) in [5.41, 5.74) is 6.18. The first-order valence-corrected chi connectivity index (χ1v) is 10.4. The molecule has 3 N–H and O–H groups in total. The summed E-state index contributed by atoms with van der Waals surface area (Å²) in [6, 6.07) is 7.41. The highest BCUT2D eigenvalue weighted by molar-refractivity contribution is 5.56. The van der Waals surface area contributed by atoms with Crippen LogP contribution in [0.1, 0.15) is 0 Å². The fourth-order valence-corrected chi connectivity index (χ4v) is 3.81. The Morgan fingerprint density at radius 3 is 2.61 bits per heavy atom. The molecule has 0 radical (unpaired) electrons. The topological polar surface area (TPSA) is 101 Å². The van der Waals surface area contributed by atoms with Crippen molar-refractivity contribution in [1.82, 2.24) is 24.5 Å². The van der Waals surface area contributed by atoms with Crippen molar-refractivity contribution >= 4 is 23.1 Å². The molecule has 9 nitrogen and oxygen atoms in total. The lowest BCUT2D eigenvalue weighted by Gasteiger charge is -2.36. The summed E-state index contributed by atoms with van der Waals surface area (Å²) in [6.45, 7) is 3.65. The molecular weight excluding hydrogens is 437 g/mol. The number of furan rings is 1. The maximum Gasteiger partial charge on any atom is 0.256 e. The fourth-order valence-electron chi connectivity index (χ4n) is 3.81. The highest BCUT2D eigenvalue weighted by Crippen LogP contribution is 2.24. The van der Waals surface area contributed by atoms with E-state index in [4.69, 9.17) is 10.2 Å². The zero-order chi connectivity index (χ0) is 22.9. The minimum absolute atomic E-state index is 0.0851. The fraction of sp³-hybridized carbons (Fsp3) is 0.286. The number of aromatic nitrogens is 4. The maximum atomic E-state index is 14.0. The normalized spacial score (nSPS) is 14.8.